The summed E-state index contributed by atoms with van der Waals surface area (Å²) in [6.45, 7) is 7.74. The summed E-state index contributed by atoms with van der Waals surface area (Å²) in [6, 6.07) is 26.8. The van der Waals surface area contributed by atoms with E-state index in [-0.39, 0.29) is 16.2 Å². The van der Waals surface area contributed by atoms with E-state index in [1.54, 1.807) is 26.0 Å². The van der Waals surface area contributed by atoms with E-state index in [9.17, 15) is 18.0 Å². The first-order valence-electron chi connectivity index (χ1n) is 17.8. The van der Waals surface area contributed by atoms with Gasteiger partial charge in [-0.3, -0.25) is 14.5 Å². The maximum Gasteiger partial charge on any atom is 0.264 e. The minimum absolute atomic E-state index is 0.0158. The number of carbonyl (C=O) groups excluding carboxylic acids is 2. The van der Waals surface area contributed by atoms with Crippen molar-refractivity contribution in [1.29, 1.82) is 0 Å². The van der Waals surface area contributed by atoms with Crippen LogP contribution in [0.5, 0.6) is 0 Å². The lowest BCUT2D eigenvalue weighted by atomic mass is 9.70. The van der Waals surface area contributed by atoms with Gasteiger partial charge >= 0.3 is 0 Å². The Morgan fingerprint density at radius 3 is 2.16 bits per heavy atom. The molecular formula is C39H47N5O4S. The van der Waals surface area contributed by atoms with Crippen LogP contribution in [0.25, 0.3) is 11.0 Å². The van der Waals surface area contributed by atoms with E-state index in [2.05, 4.69) is 75.7 Å². The first-order valence-corrected chi connectivity index (χ1v) is 19.2. The second-order valence-electron chi connectivity index (χ2n) is 14.6. The molecule has 4 heterocycles. The Hall–Kier alpha value is -4.02. The molecule has 1 N–H and O–H groups in total. The molecule has 0 aliphatic carbocycles. The summed E-state index contributed by atoms with van der Waals surface area (Å²) in [4.78, 5) is 35.1. The highest BCUT2D eigenvalue weighted by Crippen LogP contribution is 2.45. The van der Waals surface area contributed by atoms with Crippen molar-refractivity contribution in [2.75, 3.05) is 19.6 Å². The van der Waals surface area contributed by atoms with Gasteiger partial charge in [-0.1, -0.05) is 56.3 Å². The Morgan fingerprint density at radius 2 is 1.51 bits per heavy atom. The third kappa shape index (κ3) is 6.53. The number of carbonyl (C=O) groups is 2. The normalized spacial score (nSPS) is 22.4. The first kappa shape index (κ1) is 33.5. The fourth-order valence-electron chi connectivity index (χ4n) is 8.67. The lowest BCUT2D eigenvalue weighted by Gasteiger charge is -2.45. The van der Waals surface area contributed by atoms with Crippen LogP contribution in [-0.4, -0.2) is 71.3 Å². The molecule has 3 aromatic carbocycles. The summed E-state index contributed by atoms with van der Waals surface area (Å²) in [6.07, 6.45) is 7.61. The van der Waals surface area contributed by atoms with Gasteiger partial charge in [0.25, 0.3) is 15.9 Å². The number of amides is 2. The quantitative estimate of drug-likeness (QED) is 0.225. The van der Waals surface area contributed by atoms with Crippen molar-refractivity contribution in [3.8, 4) is 0 Å². The molecular weight excluding hydrogens is 635 g/mol. The smallest absolute Gasteiger partial charge is 0.264 e. The van der Waals surface area contributed by atoms with Gasteiger partial charge in [0.15, 0.2) is 0 Å². The van der Waals surface area contributed by atoms with Gasteiger partial charge in [-0.2, -0.15) is 0 Å². The Balaban J connectivity index is 1.02. The number of hydrogen-bond donors (Lipinski definition) is 1. The lowest BCUT2D eigenvalue weighted by Crippen LogP contribution is -2.49. The number of hydrogen-bond acceptors (Lipinski definition) is 6. The van der Waals surface area contributed by atoms with E-state index >= 15 is 0 Å². The van der Waals surface area contributed by atoms with Crippen molar-refractivity contribution in [3.63, 3.8) is 0 Å². The van der Waals surface area contributed by atoms with E-state index in [4.69, 9.17) is 4.98 Å². The monoisotopic (exact) mass is 681 g/mol. The van der Waals surface area contributed by atoms with Crippen molar-refractivity contribution in [2.45, 2.75) is 94.2 Å². The molecule has 2 amide bonds. The molecule has 2 bridgehead atoms. The van der Waals surface area contributed by atoms with Crippen molar-refractivity contribution in [1.82, 2.24) is 24.1 Å². The fourth-order valence-corrected chi connectivity index (χ4v) is 9.78. The van der Waals surface area contributed by atoms with Crippen LogP contribution < -0.4 is 4.72 Å². The average Bonchev–Trinajstić information content (AvgIpc) is 3.57. The number of aryl methyl sites for hydroxylation is 1. The van der Waals surface area contributed by atoms with Crippen LogP contribution in [0.4, 0.5) is 0 Å². The molecule has 0 spiro atoms. The molecule has 7 rings (SSSR count). The van der Waals surface area contributed by atoms with E-state index in [0.717, 1.165) is 50.0 Å². The zero-order chi connectivity index (χ0) is 34.3. The number of sulfonamides is 1. The van der Waals surface area contributed by atoms with Crippen LogP contribution >= 0.6 is 0 Å². The zero-order valence-corrected chi connectivity index (χ0v) is 29.5. The largest absolute Gasteiger partial charge is 0.339 e. The molecule has 3 fully saturated rings. The number of para-hydroxylation sites is 2. The molecule has 10 heteroatoms. The Morgan fingerprint density at radius 1 is 0.878 bits per heavy atom. The maximum atomic E-state index is 13.6. The van der Waals surface area contributed by atoms with Crippen LogP contribution in [-0.2, 0) is 20.2 Å². The molecule has 0 saturated carbocycles. The Bertz CT molecular complexity index is 1920. The van der Waals surface area contributed by atoms with Crippen LogP contribution in [0.15, 0.2) is 83.8 Å². The SMILES string of the molecule is Cc1nc2ccccc2n1C1CC2CCC(C1)N2CCC1(c2ccccc2)CCN(C(=O)c2ccc(S(=O)(=O)NC(=O)C(C)C)cc2)CC1. The second-order valence-corrected chi connectivity index (χ2v) is 16.3. The number of aromatic nitrogens is 2. The number of benzene rings is 3. The molecule has 2 atom stereocenters. The number of piperidine rings is 2. The van der Waals surface area contributed by atoms with Gasteiger partial charge in [-0.25, -0.2) is 18.1 Å². The number of likely N-dealkylation sites (tertiary alicyclic amines) is 1. The molecule has 3 saturated heterocycles. The summed E-state index contributed by atoms with van der Waals surface area (Å²) < 4.78 is 29.9. The van der Waals surface area contributed by atoms with Gasteiger partial charge in [-0.15, -0.1) is 0 Å². The summed E-state index contributed by atoms with van der Waals surface area (Å²) >= 11 is 0. The molecule has 3 aliphatic rings. The topological polar surface area (TPSA) is 105 Å². The molecule has 9 nitrogen and oxygen atoms in total. The fraction of sp³-hybridized carbons (Fsp3) is 0.462. The molecule has 4 aromatic rings. The summed E-state index contributed by atoms with van der Waals surface area (Å²) in [5.41, 5.74) is 4.11. The predicted molar refractivity (Wildman–Crippen MR) is 191 cm³/mol. The minimum Gasteiger partial charge on any atom is -0.339 e. The minimum atomic E-state index is -4.00. The highest BCUT2D eigenvalue weighted by molar-refractivity contribution is 7.90. The predicted octanol–water partition coefficient (Wildman–Crippen LogP) is 6.24. The summed E-state index contributed by atoms with van der Waals surface area (Å²) in [5, 5.41) is 0. The standard InChI is InChI=1S/C39H47N5O4S/c1-27(2)37(45)41-49(47,48)34-17-13-29(14-18-34)38(46)42-22-19-39(20-23-42,30-9-5-4-6-10-30)21-24-43-31-15-16-32(43)26-33(25-31)44-28(3)40-35-11-7-8-12-36(35)44/h4-14,17-18,27,31-33H,15-16,19-26H2,1-3H3,(H,41,45). The molecule has 49 heavy (non-hydrogen) atoms. The Kier molecular flexibility index (Phi) is 9.13. The lowest BCUT2D eigenvalue weighted by molar-refractivity contribution is -0.122. The van der Waals surface area contributed by atoms with Crippen molar-refractivity contribution < 1.29 is 18.0 Å². The molecule has 258 valence electrons. The highest BCUT2D eigenvalue weighted by Gasteiger charge is 2.44. The van der Waals surface area contributed by atoms with Crippen LogP contribution in [0.3, 0.4) is 0 Å². The van der Waals surface area contributed by atoms with Crippen molar-refractivity contribution in [2.24, 2.45) is 5.92 Å². The van der Waals surface area contributed by atoms with Gasteiger partial charge in [-0.05, 0) is 106 Å². The highest BCUT2D eigenvalue weighted by atomic mass is 32.2. The molecule has 1 aromatic heterocycles. The third-order valence-electron chi connectivity index (χ3n) is 11.4. The van der Waals surface area contributed by atoms with Gasteiger partial charge in [0.2, 0.25) is 5.91 Å². The van der Waals surface area contributed by atoms with Gasteiger partial charge < -0.3 is 9.47 Å². The van der Waals surface area contributed by atoms with Gasteiger partial charge in [0.1, 0.15) is 5.82 Å². The third-order valence-corrected chi connectivity index (χ3v) is 12.8. The summed E-state index contributed by atoms with van der Waals surface area (Å²) in [7, 11) is -4.00. The zero-order valence-electron chi connectivity index (χ0n) is 28.7. The second kappa shape index (κ2) is 13.4. The van der Waals surface area contributed by atoms with Crippen LogP contribution in [0.1, 0.15) is 86.6 Å². The first-order chi connectivity index (χ1) is 23.5. The number of nitrogens with one attached hydrogen (secondary N) is 1. The summed E-state index contributed by atoms with van der Waals surface area (Å²) in [5.74, 6) is -0.0112. The molecule has 3 aliphatic heterocycles. The number of rotatable bonds is 9. The van der Waals surface area contributed by atoms with E-state index in [1.807, 2.05) is 4.90 Å². The van der Waals surface area contributed by atoms with Gasteiger partial charge in [0.05, 0.1) is 15.9 Å². The van der Waals surface area contributed by atoms with E-state index in [1.165, 1.54) is 36.1 Å². The average molecular weight is 682 g/mol. The number of fused-ring (bicyclic) bond motifs is 3. The molecule has 2 unspecified atom stereocenters. The van der Waals surface area contributed by atoms with Crippen LogP contribution in [0.2, 0.25) is 0 Å². The maximum absolute atomic E-state index is 13.6. The molecule has 0 radical (unpaired) electrons. The number of imidazole rings is 1. The van der Waals surface area contributed by atoms with Crippen LogP contribution in [0, 0.1) is 12.8 Å². The Labute approximate surface area is 289 Å². The van der Waals surface area contributed by atoms with Crippen molar-refractivity contribution >= 4 is 32.9 Å². The van der Waals surface area contributed by atoms with Gasteiger partial charge in [0, 0.05) is 42.7 Å². The van der Waals surface area contributed by atoms with E-state index in [0.29, 0.717) is 36.8 Å². The number of nitrogens with zero attached hydrogens (tertiary/aromatic N) is 4. The van der Waals surface area contributed by atoms with Crippen molar-refractivity contribution in [3.05, 3.63) is 95.8 Å². The van der Waals surface area contributed by atoms with E-state index < -0.39 is 21.8 Å².